The first-order chi connectivity index (χ1) is 14.2. The average molecular weight is 430 g/mol. The fraction of sp³-hybridized carbons (Fsp3) is 0.364. The molecule has 3 rings (SSSR count). The maximum absolute atomic E-state index is 12.8. The lowest BCUT2D eigenvalue weighted by atomic mass is 10.0. The van der Waals surface area contributed by atoms with Gasteiger partial charge in [0.1, 0.15) is 0 Å². The number of nitrogens with zero attached hydrogens (tertiary/aromatic N) is 2. The van der Waals surface area contributed by atoms with Crippen molar-refractivity contribution in [3.8, 4) is 0 Å². The monoisotopic (exact) mass is 429 g/mol. The third-order valence-corrected chi connectivity index (χ3v) is 7.22. The highest BCUT2D eigenvalue weighted by atomic mass is 32.2. The van der Waals surface area contributed by atoms with Crippen LogP contribution in [0.5, 0.6) is 0 Å². The number of para-hydroxylation sites is 1. The molecule has 7 nitrogen and oxygen atoms in total. The van der Waals surface area contributed by atoms with Gasteiger partial charge in [-0.05, 0) is 55.2 Å². The van der Waals surface area contributed by atoms with Crippen LogP contribution in [0.4, 0.5) is 5.69 Å². The molecule has 1 heterocycles. The smallest absolute Gasteiger partial charge is 0.255 e. The van der Waals surface area contributed by atoms with Gasteiger partial charge in [-0.3, -0.25) is 9.59 Å². The van der Waals surface area contributed by atoms with Crippen molar-refractivity contribution in [1.29, 1.82) is 0 Å². The molecule has 30 heavy (non-hydrogen) atoms. The van der Waals surface area contributed by atoms with E-state index in [4.69, 9.17) is 0 Å². The van der Waals surface area contributed by atoms with Gasteiger partial charge in [0.15, 0.2) is 0 Å². The second kappa shape index (κ2) is 8.97. The molecule has 0 spiro atoms. The Balaban J connectivity index is 1.76. The first-order valence-electron chi connectivity index (χ1n) is 9.92. The van der Waals surface area contributed by atoms with Gasteiger partial charge in [0.05, 0.1) is 16.1 Å². The number of anilines is 1. The lowest BCUT2D eigenvalue weighted by Gasteiger charge is -2.29. The summed E-state index contributed by atoms with van der Waals surface area (Å²) in [4.78, 5) is 26.6. The summed E-state index contributed by atoms with van der Waals surface area (Å²) in [5.41, 5.74) is 1.10. The zero-order chi connectivity index (χ0) is 21.9. The molecule has 2 amide bonds. The van der Waals surface area contributed by atoms with E-state index in [1.807, 2.05) is 0 Å². The Hall–Kier alpha value is -2.71. The molecule has 0 saturated carbocycles. The highest BCUT2D eigenvalue weighted by Gasteiger charge is 2.28. The van der Waals surface area contributed by atoms with Crippen molar-refractivity contribution in [3.05, 3.63) is 59.7 Å². The minimum absolute atomic E-state index is 0.178. The van der Waals surface area contributed by atoms with Crippen LogP contribution in [0.3, 0.4) is 0 Å². The van der Waals surface area contributed by atoms with E-state index < -0.39 is 15.9 Å². The van der Waals surface area contributed by atoms with Gasteiger partial charge in [-0.1, -0.05) is 19.1 Å². The first kappa shape index (κ1) is 22.0. The van der Waals surface area contributed by atoms with E-state index >= 15 is 0 Å². The third-order valence-electron chi connectivity index (χ3n) is 5.31. The quantitative estimate of drug-likeness (QED) is 0.791. The molecule has 1 aliphatic rings. The molecule has 1 fully saturated rings. The number of hydrogen-bond donors (Lipinski definition) is 1. The summed E-state index contributed by atoms with van der Waals surface area (Å²) < 4.78 is 27.2. The molecule has 0 atom stereocenters. The first-order valence-corrected chi connectivity index (χ1v) is 11.4. The van der Waals surface area contributed by atoms with Gasteiger partial charge in [0.25, 0.3) is 11.8 Å². The lowest BCUT2D eigenvalue weighted by molar-refractivity contribution is 0.0828. The zero-order valence-corrected chi connectivity index (χ0v) is 18.3. The molecule has 0 aromatic heterocycles. The Bertz CT molecular complexity index is 1020. The van der Waals surface area contributed by atoms with E-state index in [2.05, 4.69) is 12.2 Å². The number of amides is 2. The maximum Gasteiger partial charge on any atom is 0.255 e. The Morgan fingerprint density at radius 2 is 1.60 bits per heavy atom. The molecule has 1 N–H and O–H groups in total. The van der Waals surface area contributed by atoms with Crippen LogP contribution < -0.4 is 5.32 Å². The van der Waals surface area contributed by atoms with Gasteiger partial charge in [-0.2, -0.15) is 4.31 Å². The summed E-state index contributed by atoms with van der Waals surface area (Å²) >= 11 is 0. The van der Waals surface area contributed by atoms with Crippen LogP contribution in [-0.2, 0) is 10.0 Å². The molecule has 8 heteroatoms. The minimum Gasteiger partial charge on any atom is -0.345 e. The summed E-state index contributed by atoms with van der Waals surface area (Å²) in [6, 6.07) is 12.7. The van der Waals surface area contributed by atoms with Gasteiger partial charge in [0.2, 0.25) is 10.0 Å². The predicted molar refractivity (Wildman–Crippen MR) is 116 cm³/mol. The van der Waals surface area contributed by atoms with Crippen LogP contribution in [0.1, 0.15) is 40.5 Å². The molecule has 0 bridgehead atoms. The highest BCUT2D eigenvalue weighted by molar-refractivity contribution is 7.89. The van der Waals surface area contributed by atoms with E-state index in [0.29, 0.717) is 35.8 Å². The van der Waals surface area contributed by atoms with Crippen molar-refractivity contribution in [2.75, 3.05) is 32.5 Å². The van der Waals surface area contributed by atoms with E-state index in [0.717, 1.165) is 12.8 Å². The van der Waals surface area contributed by atoms with Crippen LogP contribution in [0.15, 0.2) is 53.4 Å². The van der Waals surface area contributed by atoms with Gasteiger partial charge in [-0.25, -0.2) is 8.42 Å². The largest absolute Gasteiger partial charge is 0.345 e. The number of hydrogen-bond acceptors (Lipinski definition) is 4. The number of carbonyl (C=O) groups is 2. The number of piperidine rings is 1. The molecular weight excluding hydrogens is 402 g/mol. The van der Waals surface area contributed by atoms with Gasteiger partial charge in [0, 0.05) is 32.7 Å². The molecule has 0 unspecified atom stereocenters. The second-order valence-corrected chi connectivity index (χ2v) is 9.75. The SMILES string of the molecule is CC1CCN(S(=O)(=O)c2ccc(C(=O)Nc3ccccc3C(=O)N(C)C)cc2)CC1. The van der Waals surface area contributed by atoms with Crippen LogP contribution in [-0.4, -0.2) is 56.6 Å². The molecule has 0 aliphatic carbocycles. The van der Waals surface area contributed by atoms with Gasteiger partial charge >= 0.3 is 0 Å². The number of rotatable bonds is 5. The normalized spacial score (nSPS) is 15.6. The predicted octanol–water partition coefficient (Wildman–Crippen LogP) is 3.06. The van der Waals surface area contributed by atoms with Crippen molar-refractivity contribution in [3.63, 3.8) is 0 Å². The van der Waals surface area contributed by atoms with E-state index in [9.17, 15) is 18.0 Å². The minimum atomic E-state index is -3.56. The molecule has 1 saturated heterocycles. The fourth-order valence-corrected chi connectivity index (χ4v) is 4.84. The van der Waals surface area contributed by atoms with Gasteiger partial charge in [-0.15, -0.1) is 0 Å². The number of sulfonamides is 1. The number of nitrogens with one attached hydrogen (secondary N) is 1. The topological polar surface area (TPSA) is 86.8 Å². The Kier molecular flexibility index (Phi) is 6.58. The van der Waals surface area contributed by atoms with E-state index in [1.165, 1.54) is 33.5 Å². The average Bonchev–Trinajstić information content (AvgIpc) is 2.74. The standard InChI is InChI=1S/C22H27N3O4S/c1-16-12-14-25(15-13-16)30(28,29)18-10-8-17(9-11-18)21(26)23-20-7-5-4-6-19(20)22(27)24(2)3/h4-11,16H,12-15H2,1-3H3,(H,23,26). The van der Waals surface area contributed by atoms with Crippen molar-refractivity contribution < 1.29 is 18.0 Å². The maximum atomic E-state index is 12.8. The summed E-state index contributed by atoms with van der Waals surface area (Å²) in [7, 11) is -0.279. The van der Waals surface area contributed by atoms with E-state index in [-0.39, 0.29) is 10.8 Å². The van der Waals surface area contributed by atoms with E-state index in [1.54, 1.807) is 38.4 Å². The number of benzene rings is 2. The third kappa shape index (κ3) is 4.71. The molecule has 2 aromatic carbocycles. The molecule has 2 aromatic rings. The Morgan fingerprint density at radius 1 is 1.00 bits per heavy atom. The molecule has 0 radical (unpaired) electrons. The van der Waals surface area contributed by atoms with Crippen LogP contribution in [0.2, 0.25) is 0 Å². The van der Waals surface area contributed by atoms with Crippen molar-refractivity contribution in [2.24, 2.45) is 5.92 Å². The summed E-state index contributed by atoms with van der Waals surface area (Å²) in [5.74, 6) is -0.0993. The number of carbonyl (C=O) groups excluding carboxylic acids is 2. The fourth-order valence-electron chi connectivity index (χ4n) is 3.37. The van der Waals surface area contributed by atoms with Crippen molar-refractivity contribution in [2.45, 2.75) is 24.7 Å². The zero-order valence-electron chi connectivity index (χ0n) is 17.5. The lowest BCUT2D eigenvalue weighted by Crippen LogP contribution is -2.37. The Morgan fingerprint density at radius 3 is 2.20 bits per heavy atom. The second-order valence-electron chi connectivity index (χ2n) is 7.81. The van der Waals surface area contributed by atoms with Crippen molar-refractivity contribution in [1.82, 2.24) is 9.21 Å². The summed E-state index contributed by atoms with van der Waals surface area (Å²) in [6.07, 6.45) is 1.70. The van der Waals surface area contributed by atoms with Crippen LogP contribution in [0, 0.1) is 5.92 Å². The molecular formula is C22H27N3O4S. The van der Waals surface area contributed by atoms with Crippen LogP contribution in [0.25, 0.3) is 0 Å². The molecule has 160 valence electrons. The van der Waals surface area contributed by atoms with Crippen molar-refractivity contribution >= 4 is 27.5 Å². The highest BCUT2D eigenvalue weighted by Crippen LogP contribution is 2.24. The van der Waals surface area contributed by atoms with Gasteiger partial charge < -0.3 is 10.2 Å². The summed E-state index contributed by atoms with van der Waals surface area (Å²) in [6.45, 7) is 3.16. The summed E-state index contributed by atoms with van der Waals surface area (Å²) in [5, 5.41) is 2.74. The molecule has 1 aliphatic heterocycles. The van der Waals surface area contributed by atoms with Crippen LogP contribution >= 0.6 is 0 Å². The Labute approximate surface area is 177 Å².